The van der Waals surface area contributed by atoms with E-state index in [1.165, 1.54) is 19.9 Å². The Morgan fingerprint density at radius 2 is 1.45 bits per heavy atom. The molecule has 3 aliphatic heterocycles. The summed E-state index contributed by atoms with van der Waals surface area (Å²) in [5.41, 5.74) is 1.10. The van der Waals surface area contributed by atoms with Crippen LogP contribution in [0, 0.1) is 0 Å². The Kier molecular flexibility index (Phi) is 8.28. The van der Waals surface area contributed by atoms with Gasteiger partial charge in [0.1, 0.15) is 45.5 Å². The quantitative estimate of drug-likeness (QED) is 0.381. The van der Waals surface area contributed by atoms with Gasteiger partial charge in [-0.05, 0) is 57.9 Å². The smallest absolute Gasteiger partial charge is 0.345 e. The van der Waals surface area contributed by atoms with E-state index in [0.717, 1.165) is 5.56 Å². The van der Waals surface area contributed by atoms with Crippen molar-refractivity contribution in [2.75, 3.05) is 0 Å². The molecule has 0 spiro atoms. The lowest BCUT2D eigenvalue weighted by atomic mass is 9.89. The minimum Gasteiger partial charge on any atom is -0.506 e. The zero-order valence-electron chi connectivity index (χ0n) is 23.4. The van der Waals surface area contributed by atoms with E-state index >= 15 is 0 Å². The average molecular weight is 557 g/mol. The molecule has 2 aromatic rings. The molecule has 0 aliphatic carbocycles. The number of Topliss-reactive ketones (excluding diaryl/α,β-unsaturated/α-hetero) is 1. The van der Waals surface area contributed by atoms with Crippen LogP contribution in [-0.2, 0) is 31.8 Å². The Hall–Kier alpha value is -4.41. The molecule has 3 aliphatic rings. The number of hydrogen-bond donors (Lipinski definition) is 2. The van der Waals surface area contributed by atoms with Crippen molar-refractivity contribution in [1.29, 1.82) is 0 Å². The van der Waals surface area contributed by atoms with Crippen LogP contribution < -0.4 is 4.74 Å². The van der Waals surface area contributed by atoms with Crippen molar-refractivity contribution >= 4 is 29.7 Å². The standard InChI is InChI=1S/C14H14O5.C12H12O5.C3H6O/c1-7-6-8-4-5-9-11(10(8)13(16)17-7)18-14(2,3)19-12(9)15;1-12(2)5-6-3-4-7(10(14)15)9(13)8(6)11(16)17-12;1-3(2)4/h4-5,7H,6H2,1-3H3;3-4,13H,5H2,1-2H3,(H,14,15);1-2H3. The number of rotatable bonds is 1. The molecule has 0 fully saturated rings. The van der Waals surface area contributed by atoms with E-state index in [9.17, 15) is 29.1 Å². The molecular weight excluding hydrogens is 524 g/mol. The molecule has 1 unspecified atom stereocenters. The first-order chi connectivity index (χ1) is 18.4. The van der Waals surface area contributed by atoms with Crippen molar-refractivity contribution in [1.82, 2.24) is 0 Å². The van der Waals surface area contributed by atoms with Gasteiger partial charge in [-0.15, -0.1) is 0 Å². The molecule has 11 nitrogen and oxygen atoms in total. The summed E-state index contributed by atoms with van der Waals surface area (Å²) in [6.45, 7) is 11.7. The third kappa shape index (κ3) is 6.59. The summed E-state index contributed by atoms with van der Waals surface area (Å²) in [4.78, 5) is 55.9. The minimum atomic E-state index is -1.28. The first-order valence-corrected chi connectivity index (χ1v) is 12.5. The number of fused-ring (bicyclic) bond motifs is 4. The van der Waals surface area contributed by atoms with E-state index in [-0.39, 0.29) is 34.3 Å². The molecule has 11 heteroatoms. The van der Waals surface area contributed by atoms with Crippen molar-refractivity contribution in [3.8, 4) is 11.5 Å². The van der Waals surface area contributed by atoms with Crippen LogP contribution in [0.5, 0.6) is 11.5 Å². The number of cyclic esters (lactones) is 3. The molecule has 2 aromatic carbocycles. The number of ether oxygens (including phenoxy) is 4. The zero-order chi connectivity index (χ0) is 30.2. The highest BCUT2D eigenvalue weighted by Gasteiger charge is 2.40. The Balaban J connectivity index is 0.000000196. The van der Waals surface area contributed by atoms with E-state index < -0.39 is 41.0 Å². The summed E-state index contributed by atoms with van der Waals surface area (Å²) in [6.07, 6.45) is 0.899. The van der Waals surface area contributed by atoms with Crippen LogP contribution in [0.15, 0.2) is 24.3 Å². The van der Waals surface area contributed by atoms with E-state index in [0.29, 0.717) is 24.0 Å². The summed E-state index contributed by atoms with van der Waals surface area (Å²) >= 11 is 0. The fraction of sp³-hybridized carbons (Fsp3) is 0.414. The Labute approximate surface area is 231 Å². The van der Waals surface area contributed by atoms with E-state index in [4.69, 9.17) is 24.1 Å². The monoisotopic (exact) mass is 556 g/mol. The SMILES string of the molecule is CC(C)=O.CC1(C)Cc2ccc(C(=O)O)c(O)c2C(=O)O1.CC1Cc2ccc3c(c2C(=O)O1)OC(C)(C)OC3=O. The first-order valence-electron chi connectivity index (χ1n) is 12.5. The lowest BCUT2D eigenvalue weighted by molar-refractivity contribution is -0.127. The molecule has 2 N–H and O–H groups in total. The lowest BCUT2D eigenvalue weighted by Gasteiger charge is -2.34. The van der Waals surface area contributed by atoms with E-state index in [1.807, 2.05) is 6.92 Å². The fourth-order valence-corrected chi connectivity index (χ4v) is 4.40. The van der Waals surface area contributed by atoms with Crippen LogP contribution >= 0.6 is 0 Å². The van der Waals surface area contributed by atoms with Gasteiger partial charge in [-0.2, -0.15) is 0 Å². The van der Waals surface area contributed by atoms with Crippen molar-refractivity contribution in [3.63, 3.8) is 0 Å². The van der Waals surface area contributed by atoms with Gasteiger partial charge in [-0.3, -0.25) is 0 Å². The second-order valence-electron chi connectivity index (χ2n) is 10.8. The molecule has 0 bridgehead atoms. The molecule has 40 heavy (non-hydrogen) atoms. The highest BCUT2D eigenvalue weighted by Crippen LogP contribution is 2.39. The Morgan fingerprint density at radius 1 is 0.850 bits per heavy atom. The molecule has 3 heterocycles. The highest BCUT2D eigenvalue weighted by atomic mass is 16.7. The summed E-state index contributed by atoms with van der Waals surface area (Å²) in [6, 6.07) is 6.23. The predicted molar refractivity (Wildman–Crippen MR) is 140 cm³/mol. The minimum absolute atomic E-state index is 0.0378. The summed E-state index contributed by atoms with van der Waals surface area (Å²) in [5, 5.41) is 18.6. The molecule has 0 aromatic heterocycles. The van der Waals surface area contributed by atoms with Crippen LogP contribution in [0.3, 0.4) is 0 Å². The molecule has 214 valence electrons. The number of aromatic carboxylic acids is 1. The lowest BCUT2D eigenvalue weighted by Crippen LogP contribution is -2.40. The maximum atomic E-state index is 12.0. The number of carbonyl (C=O) groups excluding carboxylic acids is 4. The normalized spacial score (nSPS) is 19.2. The van der Waals surface area contributed by atoms with Crippen molar-refractivity contribution in [3.05, 3.63) is 57.6 Å². The van der Waals surface area contributed by atoms with Gasteiger partial charge in [0.05, 0.1) is 0 Å². The third-order valence-corrected chi connectivity index (χ3v) is 5.85. The maximum Gasteiger partial charge on any atom is 0.345 e. The zero-order valence-corrected chi connectivity index (χ0v) is 23.4. The number of ketones is 1. The molecular formula is C29H32O11. The van der Waals surface area contributed by atoms with Crippen LogP contribution in [0.25, 0.3) is 0 Å². The number of hydrogen-bond acceptors (Lipinski definition) is 10. The van der Waals surface area contributed by atoms with Gasteiger partial charge < -0.3 is 34.0 Å². The third-order valence-electron chi connectivity index (χ3n) is 5.85. The second-order valence-corrected chi connectivity index (χ2v) is 10.8. The number of carbonyl (C=O) groups is 5. The van der Waals surface area contributed by atoms with Crippen molar-refractivity contribution < 1.29 is 53.1 Å². The number of phenols is 1. The largest absolute Gasteiger partial charge is 0.506 e. The van der Waals surface area contributed by atoms with Gasteiger partial charge in [-0.25, -0.2) is 19.2 Å². The number of benzene rings is 2. The number of esters is 3. The Bertz CT molecular complexity index is 1400. The number of carboxylic acids is 1. The van der Waals surface area contributed by atoms with Crippen LogP contribution in [0.2, 0.25) is 0 Å². The van der Waals surface area contributed by atoms with Gasteiger partial charge >= 0.3 is 23.9 Å². The Morgan fingerprint density at radius 3 is 2.05 bits per heavy atom. The van der Waals surface area contributed by atoms with Gasteiger partial charge in [0.15, 0.2) is 5.75 Å². The molecule has 0 radical (unpaired) electrons. The van der Waals surface area contributed by atoms with Gasteiger partial charge in [0, 0.05) is 26.7 Å². The van der Waals surface area contributed by atoms with E-state index in [1.54, 1.807) is 45.9 Å². The van der Waals surface area contributed by atoms with E-state index in [2.05, 4.69) is 0 Å². The first kappa shape index (κ1) is 30.1. The topological polar surface area (TPSA) is 163 Å². The molecule has 5 rings (SSSR count). The number of carboxylic acid groups (broad SMARTS) is 1. The van der Waals surface area contributed by atoms with Crippen molar-refractivity contribution in [2.45, 2.75) is 78.8 Å². The van der Waals surface area contributed by atoms with Gasteiger partial charge in [0.25, 0.3) is 0 Å². The molecule has 0 saturated carbocycles. The highest BCUT2D eigenvalue weighted by molar-refractivity contribution is 6.03. The maximum absolute atomic E-state index is 12.0. The van der Waals surface area contributed by atoms with Crippen LogP contribution in [0.1, 0.15) is 101 Å². The summed E-state index contributed by atoms with van der Waals surface area (Å²) in [7, 11) is 0. The van der Waals surface area contributed by atoms with Crippen LogP contribution in [0.4, 0.5) is 0 Å². The van der Waals surface area contributed by atoms with Gasteiger partial charge in [-0.1, -0.05) is 12.1 Å². The average Bonchev–Trinajstić information content (AvgIpc) is 2.76. The fourth-order valence-electron chi connectivity index (χ4n) is 4.40. The van der Waals surface area contributed by atoms with Crippen molar-refractivity contribution in [2.24, 2.45) is 0 Å². The summed E-state index contributed by atoms with van der Waals surface area (Å²) < 4.78 is 21.1. The molecule has 0 amide bonds. The van der Waals surface area contributed by atoms with Gasteiger partial charge in [0.2, 0.25) is 5.79 Å². The molecule has 0 saturated heterocycles. The second kappa shape index (κ2) is 11.0. The summed E-state index contributed by atoms with van der Waals surface area (Å²) in [5.74, 6) is -4.05. The predicted octanol–water partition coefficient (Wildman–Crippen LogP) is 4.25. The number of aromatic hydroxyl groups is 1. The van der Waals surface area contributed by atoms with Crippen LogP contribution in [-0.4, -0.2) is 57.4 Å². The molecule has 1 atom stereocenters.